The van der Waals surface area contributed by atoms with Crippen LogP contribution >= 0.6 is 0 Å². The van der Waals surface area contributed by atoms with E-state index in [0.29, 0.717) is 5.69 Å². The van der Waals surface area contributed by atoms with Crippen LogP contribution in [0.15, 0.2) is 36.7 Å². The number of aromatic nitrogens is 2. The van der Waals surface area contributed by atoms with Crippen molar-refractivity contribution in [3.63, 3.8) is 0 Å². The summed E-state index contributed by atoms with van der Waals surface area (Å²) in [5.74, 6) is -0.0206. The van der Waals surface area contributed by atoms with Crippen LogP contribution < -0.4 is 0 Å². The molecule has 5 nitrogen and oxygen atoms in total. The molecule has 5 heteroatoms. The van der Waals surface area contributed by atoms with Gasteiger partial charge in [-0.1, -0.05) is 29.8 Å². The van der Waals surface area contributed by atoms with Crippen molar-refractivity contribution in [2.24, 2.45) is 0 Å². The van der Waals surface area contributed by atoms with Crippen molar-refractivity contribution in [1.29, 1.82) is 0 Å². The molecule has 0 spiro atoms. The van der Waals surface area contributed by atoms with Crippen molar-refractivity contribution in [3.8, 4) is 0 Å². The first-order chi connectivity index (χ1) is 11.1. The first kappa shape index (κ1) is 15.6. The number of nitrogens with zero attached hydrogens (tertiary/aromatic N) is 4. The molecule has 0 unspecified atom stereocenters. The number of benzene rings is 1. The molecular formula is C18H22N4O. The molecule has 0 aliphatic carbocycles. The monoisotopic (exact) mass is 310 g/mol. The van der Waals surface area contributed by atoms with E-state index in [2.05, 4.69) is 46.1 Å². The molecular weight excluding hydrogens is 288 g/mol. The maximum Gasteiger partial charge on any atom is 0.274 e. The fourth-order valence-corrected chi connectivity index (χ4v) is 2.84. The van der Waals surface area contributed by atoms with Gasteiger partial charge in [0.25, 0.3) is 5.91 Å². The molecule has 23 heavy (non-hydrogen) atoms. The molecule has 2 heterocycles. The Morgan fingerprint density at radius 3 is 2.52 bits per heavy atom. The van der Waals surface area contributed by atoms with E-state index in [0.717, 1.165) is 38.4 Å². The van der Waals surface area contributed by atoms with Gasteiger partial charge in [-0.05, 0) is 19.4 Å². The summed E-state index contributed by atoms with van der Waals surface area (Å²) in [6, 6.07) is 8.59. The van der Waals surface area contributed by atoms with Crippen LogP contribution in [0.5, 0.6) is 0 Å². The molecule has 1 aromatic heterocycles. The normalized spacial score (nSPS) is 15.7. The minimum absolute atomic E-state index is 0.0206. The predicted molar refractivity (Wildman–Crippen MR) is 89.1 cm³/mol. The van der Waals surface area contributed by atoms with E-state index < -0.39 is 0 Å². The number of piperazine rings is 1. The summed E-state index contributed by atoms with van der Waals surface area (Å²) >= 11 is 0. The van der Waals surface area contributed by atoms with E-state index in [-0.39, 0.29) is 5.91 Å². The summed E-state index contributed by atoms with van der Waals surface area (Å²) in [5, 5.41) is 0. The van der Waals surface area contributed by atoms with E-state index >= 15 is 0 Å². The summed E-state index contributed by atoms with van der Waals surface area (Å²) in [5.41, 5.74) is 3.87. The summed E-state index contributed by atoms with van der Waals surface area (Å²) in [6.45, 7) is 8.17. The van der Waals surface area contributed by atoms with Crippen molar-refractivity contribution in [1.82, 2.24) is 19.8 Å². The molecule has 1 aromatic carbocycles. The fourth-order valence-electron chi connectivity index (χ4n) is 2.84. The molecule has 0 N–H and O–H groups in total. The van der Waals surface area contributed by atoms with Crippen molar-refractivity contribution >= 4 is 5.91 Å². The molecule has 0 atom stereocenters. The number of hydrogen-bond donors (Lipinski definition) is 0. The molecule has 120 valence electrons. The number of carbonyl (C=O) groups excluding carboxylic acids is 1. The first-order valence-electron chi connectivity index (χ1n) is 7.97. The van der Waals surface area contributed by atoms with Gasteiger partial charge in [0.2, 0.25) is 0 Å². The molecule has 2 aromatic rings. The molecule has 1 aliphatic rings. The van der Waals surface area contributed by atoms with Gasteiger partial charge in [0.05, 0.1) is 11.9 Å². The third-order valence-corrected chi connectivity index (χ3v) is 4.15. The highest BCUT2D eigenvalue weighted by atomic mass is 16.2. The summed E-state index contributed by atoms with van der Waals surface area (Å²) in [7, 11) is 0. The zero-order valence-corrected chi connectivity index (χ0v) is 13.7. The topological polar surface area (TPSA) is 49.3 Å². The fraction of sp³-hybridized carbons (Fsp3) is 0.389. The zero-order chi connectivity index (χ0) is 16.2. The molecule has 1 amide bonds. The largest absolute Gasteiger partial charge is 0.335 e. The highest BCUT2D eigenvalue weighted by molar-refractivity contribution is 5.92. The Kier molecular flexibility index (Phi) is 4.67. The minimum Gasteiger partial charge on any atom is -0.335 e. The second-order valence-corrected chi connectivity index (χ2v) is 6.10. The van der Waals surface area contributed by atoms with Gasteiger partial charge < -0.3 is 4.90 Å². The minimum atomic E-state index is -0.0206. The molecule has 1 saturated heterocycles. The van der Waals surface area contributed by atoms with E-state index in [1.165, 1.54) is 11.1 Å². The summed E-state index contributed by atoms with van der Waals surface area (Å²) in [4.78, 5) is 25.0. The van der Waals surface area contributed by atoms with Gasteiger partial charge >= 0.3 is 0 Å². The van der Waals surface area contributed by atoms with Gasteiger partial charge in [0, 0.05) is 38.9 Å². The van der Waals surface area contributed by atoms with Crippen molar-refractivity contribution in [2.75, 3.05) is 26.2 Å². The lowest BCUT2D eigenvalue weighted by Gasteiger charge is -2.34. The van der Waals surface area contributed by atoms with Crippen LogP contribution in [0.2, 0.25) is 0 Å². The van der Waals surface area contributed by atoms with Gasteiger partial charge in [-0.2, -0.15) is 0 Å². The van der Waals surface area contributed by atoms with Crippen molar-refractivity contribution in [3.05, 3.63) is 59.2 Å². The van der Waals surface area contributed by atoms with Crippen LogP contribution in [0, 0.1) is 13.8 Å². The van der Waals surface area contributed by atoms with Gasteiger partial charge in [-0.25, -0.2) is 4.98 Å². The van der Waals surface area contributed by atoms with Crippen LogP contribution in [0.25, 0.3) is 0 Å². The van der Waals surface area contributed by atoms with Crippen LogP contribution in [0.3, 0.4) is 0 Å². The Bertz CT molecular complexity index is 676. The molecule has 0 bridgehead atoms. The van der Waals surface area contributed by atoms with Crippen LogP contribution in [0.1, 0.15) is 27.3 Å². The lowest BCUT2D eigenvalue weighted by atomic mass is 10.1. The highest BCUT2D eigenvalue weighted by Gasteiger charge is 2.23. The van der Waals surface area contributed by atoms with Crippen molar-refractivity contribution in [2.45, 2.75) is 20.4 Å². The maximum absolute atomic E-state index is 12.4. The van der Waals surface area contributed by atoms with Gasteiger partial charge in [-0.3, -0.25) is 14.7 Å². The quantitative estimate of drug-likeness (QED) is 0.870. The van der Waals surface area contributed by atoms with E-state index in [1.807, 2.05) is 11.8 Å². The Morgan fingerprint density at radius 1 is 1.09 bits per heavy atom. The molecule has 3 rings (SSSR count). The standard InChI is InChI=1S/C18H22N4O/c1-14-4-3-5-16(10-14)13-21-6-8-22(9-7-21)18(23)17-12-19-15(2)11-20-17/h3-5,10-12H,6-9,13H2,1-2H3. The predicted octanol–water partition coefficient (Wildman–Crippen LogP) is 2.05. The first-order valence-corrected chi connectivity index (χ1v) is 7.97. The Morgan fingerprint density at radius 2 is 1.87 bits per heavy atom. The summed E-state index contributed by atoms with van der Waals surface area (Å²) < 4.78 is 0. The number of rotatable bonds is 3. The molecule has 1 fully saturated rings. The average molecular weight is 310 g/mol. The van der Waals surface area contributed by atoms with Gasteiger partial charge in [-0.15, -0.1) is 0 Å². The van der Waals surface area contributed by atoms with E-state index in [1.54, 1.807) is 12.4 Å². The smallest absolute Gasteiger partial charge is 0.274 e. The lowest BCUT2D eigenvalue weighted by molar-refractivity contribution is 0.0622. The number of amides is 1. The van der Waals surface area contributed by atoms with Gasteiger partial charge in [0.15, 0.2) is 0 Å². The SMILES string of the molecule is Cc1cccc(CN2CCN(C(=O)c3cnc(C)cn3)CC2)c1. The third-order valence-electron chi connectivity index (χ3n) is 4.15. The highest BCUT2D eigenvalue weighted by Crippen LogP contribution is 2.12. The Labute approximate surface area is 137 Å². The maximum atomic E-state index is 12.4. The van der Waals surface area contributed by atoms with Crippen LogP contribution in [-0.2, 0) is 6.54 Å². The summed E-state index contributed by atoms with van der Waals surface area (Å²) in [6.07, 6.45) is 3.21. The molecule has 1 aliphatic heterocycles. The van der Waals surface area contributed by atoms with Crippen LogP contribution in [0.4, 0.5) is 0 Å². The molecule has 0 saturated carbocycles. The van der Waals surface area contributed by atoms with Gasteiger partial charge in [0.1, 0.15) is 5.69 Å². The second-order valence-electron chi connectivity index (χ2n) is 6.10. The Hall–Kier alpha value is -2.27. The van der Waals surface area contributed by atoms with Crippen LogP contribution in [-0.4, -0.2) is 51.9 Å². The Balaban J connectivity index is 1.55. The lowest BCUT2D eigenvalue weighted by Crippen LogP contribution is -2.48. The number of hydrogen-bond acceptors (Lipinski definition) is 4. The zero-order valence-electron chi connectivity index (χ0n) is 13.7. The van der Waals surface area contributed by atoms with E-state index in [9.17, 15) is 4.79 Å². The number of carbonyl (C=O) groups is 1. The molecule has 0 radical (unpaired) electrons. The van der Waals surface area contributed by atoms with E-state index in [4.69, 9.17) is 0 Å². The second kappa shape index (κ2) is 6.87. The third kappa shape index (κ3) is 3.93. The van der Waals surface area contributed by atoms with Crippen molar-refractivity contribution < 1.29 is 4.79 Å². The number of aryl methyl sites for hydroxylation is 2. The average Bonchev–Trinajstić information content (AvgIpc) is 2.56.